The Morgan fingerprint density at radius 3 is 2.67 bits per heavy atom. The van der Waals surface area contributed by atoms with Gasteiger partial charge in [0.15, 0.2) is 0 Å². The number of hydrogen-bond acceptors (Lipinski definition) is 1. The quantitative estimate of drug-likeness (QED) is 0.591. The summed E-state index contributed by atoms with van der Waals surface area (Å²) in [6.45, 7) is 3.99. The predicted octanol–water partition coefficient (Wildman–Crippen LogP) is 3.09. The summed E-state index contributed by atoms with van der Waals surface area (Å²) in [5.74, 6) is 0. The molecule has 0 fully saturated rings. The maximum Gasteiger partial charge on any atom is 0.0441 e. The fourth-order valence-corrected chi connectivity index (χ4v) is 1.29. The lowest BCUT2D eigenvalue weighted by Crippen LogP contribution is -1.97. The monoisotopic (exact) mass is 181 g/mol. The van der Waals surface area contributed by atoms with Gasteiger partial charge in [-0.1, -0.05) is 23.7 Å². The van der Waals surface area contributed by atoms with Gasteiger partial charge in [0.1, 0.15) is 0 Å². The first-order valence-corrected chi connectivity index (χ1v) is 4.23. The van der Waals surface area contributed by atoms with E-state index in [-0.39, 0.29) is 0 Å². The van der Waals surface area contributed by atoms with E-state index >= 15 is 0 Å². The second kappa shape index (κ2) is 3.72. The van der Waals surface area contributed by atoms with Crippen molar-refractivity contribution in [3.8, 4) is 0 Å². The predicted molar refractivity (Wildman–Crippen MR) is 54.3 cm³/mol. The number of halogens is 1. The Kier molecular flexibility index (Phi) is 2.88. The van der Waals surface area contributed by atoms with Gasteiger partial charge in [-0.05, 0) is 31.0 Å². The van der Waals surface area contributed by atoms with E-state index in [0.29, 0.717) is 0 Å². The summed E-state index contributed by atoms with van der Waals surface area (Å²) >= 11 is 5.96. The molecule has 1 aromatic rings. The zero-order valence-corrected chi connectivity index (χ0v) is 8.31. The van der Waals surface area contributed by atoms with Gasteiger partial charge in [0, 0.05) is 17.8 Å². The lowest BCUT2D eigenvalue weighted by molar-refractivity contribution is 1.37. The first-order valence-electron chi connectivity index (χ1n) is 3.85. The lowest BCUT2D eigenvalue weighted by Gasteiger charge is -2.05. The molecule has 0 amide bonds. The smallest absolute Gasteiger partial charge is 0.0441 e. The molecular formula is C10H12ClN. The second-order valence-corrected chi connectivity index (χ2v) is 3.13. The number of hydrogen-bond donors (Lipinski definition) is 0. The summed E-state index contributed by atoms with van der Waals surface area (Å²) < 4.78 is 0. The summed E-state index contributed by atoms with van der Waals surface area (Å²) in [6.07, 6.45) is 0. The van der Waals surface area contributed by atoms with Crippen molar-refractivity contribution >= 4 is 17.3 Å². The fraction of sp³-hybridized carbons (Fsp3) is 0.300. The van der Waals surface area contributed by atoms with Crippen LogP contribution in [0.25, 0.3) is 0 Å². The van der Waals surface area contributed by atoms with Crippen LogP contribution in [0.1, 0.15) is 18.1 Å². The molecule has 1 aromatic carbocycles. The molecule has 12 heavy (non-hydrogen) atoms. The Bertz CT molecular complexity index is 316. The third kappa shape index (κ3) is 1.67. The van der Waals surface area contributed by atoms with E-state index in [1.165, 1.54) is 0 Å². The van der Waals surface area contributed by atoms with Crippen molar-refractivity contribution in [2.45, 2.75) is 13.8 Å². The Morgan fingerprint density at radius 2 is 2.08 bits per heavy atom. The third-order valence-corrected chi connectivity index (χ3v) is 2.40. The molecule has 64 valence electrons. The van der Waals surface area contributed by atoms with Crippen LogP contribution < -0.4 is 0 Å². The van der Waals surface area contributed by atoms with Gasteiger partial charge in [-0.2, -0.15) is 0 Å². The van der Waals surface area contributed by atoms with Crippen LogP contribution in [0.4, 0.5) is 0 Å². The summed E-state index contributed by atoms with van der Waals surface area (Å²) in [4.78, 5) is 4.12. The van der Waals surface area contributed by atoms with E-state index in [0.717, 1.165) is 21.9 Å². The highest BCUT2D eigenvalue weighted by Crippen LogP contribution is 2.19. The summed E-state index contributed by atoms with van der Waals surface area (Å²) in [5.41, 5.74) is 3.25. The molecule has 0 aromatic heterocycles. The molecule has 0 aliphatic heterocycles. The molecule has 0 spiro atoms. The van der Waals surface area contributed by atoms with Crippen LogP contribution in [0.3, 0.4) is 0 Å². The Balaban J connectivity index is 3.26. The topological polar surface area (TPSA) is 12.4 Å². The molecule has 0 bridgehead atoms. The van der Waals surface area contributed by atoms with E-state index in [1.54, 1.807) is 7.05 Å². The summed E-state index contributed by atoms with van der Waals surface area (Å²) in [6, 6.07) is 5.87. The van der Waals surface area contributed by atoms with Gasteiger partial charge in [-0.3, -0.25) is 4.99 Å². The van der Waals surface area contributed by atoms with Crippen LogP contribution in [0.2, 0.25) is 5.02 Å². The molecule has 0 N–H and O–H groups in total. The Labute approximate surface area is 78.1 Å². The molecular weight excluding hydrogens is 170 g/mol. The first-order chi connectivity index (χ1) is 5.66. The zero-order chi connectivity index (χ0) is 9.14. The standard InChI is InChI=1S/C10H12ClN/c1-7-9(8(2)12-3)5-4-6-10(7)11/h4-6H,1-3H3. The highest BCUT2D eigenvalue weighted by Gasteiger charge is 2.03. The van der Waals surface area contributed by atoms with Crippen molar-refractivity contribution in [2.24, 2.45) is 4.99 Å². The van der Waals surface area contributed by atoms with Crippen LogP contribution in [0.15, 0.2) is 23.2 Å². The number of benzene rings is 1. The molecule has 0 atom stereocenters. The van der Waals surface area contributed by atoms with E-state index in [2.05, 4.69) is 4.99 Å². The van der Waals surface area contributed by atoms with Gasteiger partial charge >= 0.3 is 0 Å². The summed E-state index contributed by atoms with van der Waals surface area (Å²) in [7, 11) is 1.79. The lowest BCUT2D eigenvalue weighted by atomic mass is 10.1. The Morgan fingerprint density at radius 1 is 1.42 bits per heavy atom. The second-order valence-electron chi connectivity index (χ2n) is 2.72. The average Bonchev–Trinajstić information content (AvgIpc) is 2.08. The van der Waals surface area contributed by atoms with Gasteiger partial charge in [0.25, 0.3) is 0 Å². The molecule has 0 heterocycles. The maximum absolute atomic E-state index is 5.96. The van der Waals surface area contributed by atoms with Crippen molar-refractivity contribution in [3.63, 3.8) is 0 Å². The molecule has 1 nitrogen and oxygen atoms in total. The van der Waals surface area contributed by atoms with Crippen molar-refractivity contribution in [1.82, 2.24) is 0 Å². The number of nitrogens with zero attached hydrogens (tertiary/aromatic N) is 1. The van der Waals surface area contributed by atoms with Crippen LogP contribution in [-0.2, 0) is 0 Å². The minimum absolute atomic E-state index is 0.801. The summed E-state index contributed by atoms with van der Waals surface area (Å²) in [5, 5.41) is 0.801. The largest absolute Gasteiger partial charge is 0.293 e. The highest BCUT2D eigenvalue weighted by molar-refractivity contribution is 6.31. The molecule has 0 saturated heterocycles. The molecule has 0 radical (unpaired) electrons. The van der Waals surface area contributed by atoms with Crippen molar-refractivity contribution in [1.29, 1.82) is 0 Å². The average molecular weight is 182 g/mol. The Hall–Kier alpha value is -0.820. The van der Waals surface area contributed by atoms with E-state index in [1.807, 2.05) is 32.0 Å². The van der Waals surface area contributed by atoms with Crippen molar-refractivity contribution < 1.29 is 0 Å². The number of aliphatic imine (C=N–C) groups is 1. The molecule has 0 unspecified atom stereocenters. The highest BCUT2D eigenvalue weighted by atomic mass is 35.5. The number of rotatable bonds is 1. The van der Waals surface area contributed by atoms with Crippen LogP contribution >= 0.6 is 11.6 Å². The van der Waals surface area contributed by atoms with Gasteiger partial charge in [0.05, 0.1) is 0 Å². The van der Waals surface area contributed by atoms with Crippen LogP contribution in [0.5, 0.6) is 0 Å². The van der Waals surface area contributed by atoms with Crippen molar-refractivity contribution in [2.75, 3.05) is 7.05 Å². The van der Waals surface area contributed by atoms with Crippen molar-refractivity contribution in [3.05, 3.63) is 34.3 Å². The maximum atomic E-state index is 5.96. The fourth-order valence-electron chi connectivity index (χ4n) is 1.12. The van der Waals surface area contributed by atoms with Crippen LogP contribution in [0, 0.1) is 6.92 Å². The molecule has 2 heteroatoms. The molecule has 1 rings (SSSR count). The van der Waals surface area contributed by atoms with Crippen LogP contribution in [-0.4, -0.2) is 12.8 Å². The SMILES string of the molecule is CN=C(C)c1cccc(Cl)c1C. The van der Waals surface area contributed by atoms with Gasteiger partial charge in [-0.25, -0.2) is 0 Å². The van der Waals surface area contributed by atoms with E-state index < -0.39 is 0 Å². The zero-order valence-electron chi connectivity index (χ0n) is 7.56. The van der Waals surface area contributed by atoms with E-state index in [9.17, 15) is 0 Å². The van der Waals surface area contributed by atoms with Gasteiger partial charge < -0.3 is 0 Å². The van der Waals surface area contributed by atoms with Gasteiger partial charge in [-0.15, -0.1) is 0 Å². The molecule has 0 aliphatic rings. The minimum atomic E-state index is 0.801. The van der Waals surface area contributed by atoms with Gasteiger partial charge in [0.2, 0.25) is 0 Å². The third-order valence-electron chi connectivity index (χ3n) is 1.99. The van der Waals surface area contributed by atoms with E-state index in [4.69, 9.17) is 11.6 Å². The molecule has 0 saturated carbocycles. The minimum Gasteiger partial charge on any atom is -0.293 e. The first kappa shape index (κ1) is 9.27. The molecule has 0 aliphatic carbocycles. The normalized spacial score (nSPS) is 11.8.